The summed E-state index contributed by atoms with van der Waals surface area (Å²) < 4.78 is 20.7. The molecule has 1 spiro atoms. The number of nitrogens with zero attached hydrogens (tertiary/aromatic N) is 1. The van der Waals surface area contributed by atoms with E-state index in [-0.39, 0.29) is 29.6 Å². The van der Waals surface area contributed by atoms with Crippen molar-refractivity contribution in [3.8, 4) is 0 Å². The van der Waals surface area contributed by atoms with Crippen molar-refractivity contribution in [2.45, 2.75) is 43.7 Å². The molecule has 2 N–H and O–H groups in total. The van der Waals surface area contributed by atoms with Gasteiger partial charge in [0.1, 0.15) is 24.1 Å². The second-order valence-corrected chi connectivity index (χ2v) is 7.33. The van der Waals surface area contributed by atoms with E-state index in [1.54, 1.807) is 0 Å². The molecule has 5 heteroatoms. The zero-order valence-electron chi connectivity index (χ0n) is 12.5. The second-order valence-electron chi connectivity index (χ2n) is 7.33. The summed E-state index contributed by atoms with van der Waals surface area (Å²) in [5.41, 5.74) is 1.31. The molecule has 0 radical (unpaired) electrons. The molecule has 0 aromatic heterocycles. The van der Waals surface area contributed by atoms with Gasteiger partial charge >= 0.3 is 0 Å². The summed E-state index contributed by atoms with van der Waals surface area (Å²) in [6.07, 6.45) is 3.20. The van der Waals surface area contributed by atoms with Crippen molar-refractivity contribution >= 4 is 0 Å². The predicted molar refractivity (Wildman–Crippen MR) is 77.8 cm³/mol. The largest absolute Gasteiger partial charge is 0.508 e. The van der Waals surface area contributed by atoms with Gasteiger partial charge in [0.05, 0.1) is 0 Å². The van der Waals surface area contributed by atoms with E-state index in [0.717, 1.165) is 24.1 Å². The number of aliphatic hydroxyl groups is 2. The topological polar surface area (TPSA) is 52.9 Å². The maximum Gasteiger partial charge on any atom is 0.161 e. The van der Waals surface area contributed by atoms with Crippen LogP contribution in [0.5, 0.6) is 0 Å². The molecule has 5 aliphatic rings. The molecular weight excluding hydrogens is 285 g/mol. The third-order valence-corrected chi connectivity index (χ3v) is 6.49. The van der Waals surface area contributed by atoms with Crippen LogP contribution in [0.2, 0.25) is 0 Å². The molecule has 3 aliphatic carbocycles. The molecule has 0 saturated carbocycles. The highest BCUT2D eigenvalue weighted by molar-refractivity contribution is 5.54. The van der Waals surface area contributed by atoms with Crippen LogP contribution in [0.15, 0.2) is 34.8 Å². The molecule has 4 nitrogen and oxygen atoms in total. The zero-order valence-corrected chi connectivity index (χ0v) is 12.5. The first-order valence-electron chi connectivity index (χ1n) is 8.07. The highest BCUT2D eigenvalue weighted by atomic mass is 19.1. The van der Waals surface area contributed by atoms with Gasteiger partial charge in [0, 0.05) is 29.4 Å². The number of piperidine rings is 1. The molecule has 2 fully saturated rings. The van der Waals surface area contributed by atoms with Crippen molar-refractivity contribution in [1.82, 2.24) is 4.90 Å². The highest BCUT2D eigenvalue weighted by Crippen LogP contribution is 2.65. The predicted octanol–water partition coefficient (Wildman–Crippen LogP) is 1.83. The first-order valence-corrected chi connectivity index (χ1v) is 8.07. The molecule has 0 aromatic carbocycles. The van der Waals surface area contributed by atoms with Crippen LogP contribution in [0.1, 0.15) is 19.3 Å². The van der Waals surface area contributed by atoms with E-state index in [9.17, 15) is 14.6 Å². The lowest BCUT2D eigenvalue weighted by Gasteiger charge is -2.56. The normalized spacial score (nSPS) is 49.3. The molecule has 118 valence electrons. The van der Waals surface area contributed by atoms with E-state index in [4.69, 9.17) is 4.74 Å². The molecule has 5 rings (SSSR count). The smallest absolute Gasteiger partial charge is 0.161 e. The molecule has 2 bridgehead atoms. The lowest BCUT2D eigenvalue weighted by molar-refractivity contribution is -0.0801. The summed E-state index contributed by atoms with van der Waals surface area (Å²) in [7, 11) is 2.09. The quantitative estimate of drug-likeness (QED) is 0.671. The number of allylic oxidation sites excluding steroid dienone is 2. The number of aliphatic hydroxyl groups excluding tert-OH is 2. The Kier molecular flexibility index (Phi) is 2.36. The van der Waals surface area contributed by atoms with E-state index in [1.807, 2.05) is 6.08 Å². The van der Waals surface area contributed by atoms with Crippen LogP contribution < -0.4 is 0 Å². The number of halogens is 1. The first kappa shape index (κ1) is 13.1. The van der Waals surface area contributed by atoms with Crippen molar-refractivity contribution in [3.63, 3.8) is 0 Å². The SMILES string of the molecule is CN1CC[C@@]23C4=C5C[C@@H]1[C@@H]2C=C[C@H](O)[C@@H]3OC4=C(O)CC5F. The molecule has 2 aliphatic heterocycles. The van der Waals surface area contributed by atoms with E-state index in [2.05, 4.69) is 18.0 Å². The van der Waals surface area contributed by atoms with E-state index >= 15 is 0 Å². The lowest BCUT2D eigenvalue weighted by atomic mass is 9.52. The van der Waals surface area contributed by atoms with Gasteiger partial charge in [0.25, 0.3) is 0 Å². The van der Waals surface area contributed by atoms with Crippen molar-refractivity contribution in [1.29, 1.82) is 0 Å². The van der Waals surface area contributed by atoms with Crippen LogP contribution in [0.25, 0.3) is 0 Å². The molecule has 1 unspecified atom stereocenters. The Morgan fingerprint density at radius 2 is 2.18 bits per heavy atom. The van der Waals surface area contributed by atoms with Gasteiger partial charge in [-0.05, 0) is 32.0 Å². The van der Waals surface area contributed by atoms with Crippen LogP contribution in [0.4, 0.5) is 4.39 Å². The highest BCUT2D eigenvalue weighted by Gasteiger charge is 2.66. The fourth-order valence-corrected chi connectivity index (χ4v) is 5.53. The van der Waals surface area contributed by atoms with Crippen LogP contribution in [-0.2, 0) is 4.74 Å². The van der Waals surface area contributed by atoms with E-state index < -0.39 is 18.4 Å². The van der Waals surface area contributed by atoms with Crippen molar-refractivity contribution in [3.05, 3.63) is 34.8 Å². The lowest BCUT2D eigenvalue weighted by Crippen LogP contribution is -2.61. The maximum absolute atomic E-state index is 14.6. The minimum atomic E-state index is -1.13. The fourth-order valence-electron chi connectivity index (χ4n) is 5.53. The van der Waals surface area contributed by atoms with Crippen LogP contribution in [-0.4, -0.2) is 53.1 Å². The zero-order chi connectivity index (χ0) is 15.2. The Bertz CT molecular complexity index is 654. The van der Waals surface area contributed by atoms with Gasteiger partial charge < -0.3 is 19.8 Å². The molecule has 2 heterocycles. The van der Waals surface area contributed by atoms with E-state index in [1.165, 1.54) is 0 Å². The standard InChI is InChI=1S/C17H20FNO3/c1-19-5-4-17-9-2-3-12(20)16(17)22-15-13(21)7-10(18)8(14(15)17)6-11(9)19/h2-3,9-12,16,20-21H,4-7H2,1H3/t9-,10?,11+,12-,16-,17-/m0/s1. The first-order chi connectivity index (χ1) is 10.5. The molecule has 2 saturated heterocycles. The van der Waals surface area contributed by atoms with Crippen molar-refractivity contribution in [2.75, 3.05) is 13.6 Å². The van der Waals surface area contributed by atoms with Crippen LogP contribution in [0, 0.1) is 11.3 Å². The Hall–Kier alpha value is -1.33. The Labute approximate surface area is 128 Å². The number of rotatable bonds is 0. The molecule has 22 heavy (non-hydrogen) atoms. The molecule has 6 atom stereocenters. The van der Waals surface area contributed by atoms with Gasteiger partial charge in [-0.15, -0.1) is 0 Å². The van der Waals surface area contributed by atoms with Gasteiger partial charge in [-0.2, -0.15) is 0 Å². The minimum Gasteiger partial charge on any atom is -0.508 e. The third kappa shape index (κ3) is 1.27. The van der Waals surface area contributed by atoms with Crippen LogP contribution in [0.3, 0.4) is 0 Å². The van der Waals surface area contributed by atoms with Gasteiger partial charge in [-0.3, -0.25) is 0 Å². The summed E-state index contributed by atoms with van der Waals surface area (Å²) in [6.45, 7) is 0.906. The van der Waals surface area contributed by atoms with Gasteiger partial charge in [-0.25, -0.2) is 4.39 Å². The second kappa shape index (κ2) is 3.95. The average Bonchev–Trinajstić information content (AvgIpc) is 2.83. The molecular formula is C17H20FNO3. The number of alkyl halides is 1. The summed E-state index contributed by atoms with van der Waals surface area (Å²) in [5, 5.41) is 20.7. The Balaban J connectivity index is 1.82. The summed E-state index contributed by atoms with van der Waals surface area (Å²) in [5.74, 6) is 0.692. The van der Waals surface area contributed by atoms with E-state index in [0.29, 0.717) is 12.2 Å². The third-order valence-electron chi connectivity index (χ3n) is 6.49. The molecule has 0 aromatic rings. The van der Waals surface area contributed by atoms with Crippen LogP contribution >= 0.6 is 0 Å². The fraction of sp³-hybridized carbons (Fsp3) is 0.647. The number of hydrogen-bond acceptors (Lipinski definition) is 4. The van der Waals surface area contributed by atoms with Gasteiger partial charge in [-0.1, -0.05) is 12.2 Å². The number of hydrogen-bond donors (Lipinski definition) is 2. The Morgan fingerprint density at radius 3 is 3.00 bits per heavy atom. The Morgan fingerprint density at radius 1 is 1.36 bits per heavy atom. The van der Waals surface area contributed by atoms with Crippen molar-refractivity contribution in [2.24, 2.45) is 11.3 Å². The van der Waals surface area contributed by atoms with Crippen molar-refractivity contribution < 1.29 is 19.3 Å². The minimum absolute atomic E-state index is 0.00158. The van der Waals surface area contributed by atoms with Gasteiger partial charge in [0.15, 0.2) is 5.76 Å². The maximum atomic E-state index is 14.6. The average molecular weight is 305 g/mol. The summed E-state index contributed by atoms with van der Waals surface area (Å²) >= 11 is 0. The summed E-state index contributed by atoms with van der Waals surface area (Å²) in [6, 6.07) is 0.250. The molecule has 0 amide bonds. The number of likely N-dealkylation sites (tertiary alicyclic amines) is 1. The number of ether oxygens (including phenoxy) is 1. The summed E-state index contributed by atoms with van der Waals surface area (Å²) in [4.78, 5) is 2.31. The monoisotopic (exact) mass is 305 g/mol. The van der Waals surface area contributed by atoms with Gasteiger partial charge in [0.2, 0.25) is 0 Å².